The van der Waals surface area contributed by atoms with Crippen LogP contribution < -0.4 is 5.32 Å². The summed E-state index contributed by atoms with van der Waals surface area (Å²) in [4.78, 5) is 29.7. The molecule has 3 saturated heterocycles. The zero-order valence-corrected chi connectivity index (χ0v) is 19.9. The molecule has 1 N–H and O–H groups in total. The summed E-state index contributed by atoms with van der Waals surface area (Å²) in [6, 6.07) is 15.4. The number of fused-ring (bicyclic) bond motifs is 4. The number of para-hydroxylation sites is 1. The van der Waals surface area contributed by atoms with Crippen LogP contribution in [0.5, 0.6) is 0 Å². The maximum atomic E-state index is 13.0. The number of amides is 2. The van der Waals surface area contributed by atoms with Crippen molar-refractivity contribution in [3.63, 3.8) is 0 Å². The van der Waals surface area contributed by atoms with Gasteiger partial charge in [-0.15, -0.1) is 12.4 Å². The van der Waals surface area contributed by atoms with Crippen molar-refractivity contribution in [3.05, 3.63) is 59.9 Å². The van der Waals surface area contributed by atoms with Crippen molar-refractivity contribution >= 4 is 35.2 Å². The summed E-state index contributed by atoms with van der Waals surface area (Å²) in [7, 11) is 1.79. The van der Waals surface area contributed by atoms with Gasteiger partial charge in [-0.3, -0.25) is 9.59 Å². The van der Waals surface area contributed by atoms with E-state index in [1.165, 1.54) is 0 Å². The van der Waals surface area contributed by atoms with E-state index < -0.39 is 0 Å². The number of hydrogen-bond acceptors (Lipinski definition) is 4. The van der Waals surface area contributed by atoms with E-state index in [1.54, 1.807) is 11.9 Å². The van der Waals surface area contributed by atoms with Crippen LogP contribution >= 0.6 is 12.4 Å². The molecule has 2 bridgehead atoms. The van der Waals surface area contributed by atoms with E-state index in [0.717, 1.165) is 49.0 Å². The fourth-order valence-corrected chi connectivity index (χ4v) is 4.95. The predicted molar refractivity (Wildman–Crippen MR) is 132 cm³/mol. The van der Waals surface area contributed by atoms with Crippen LogP contribution in [-0.4, -0.2) is 60.9 Å². The normalized spacial score (nSPS) is 21.5. The van der Waals surface area contributed by atoms with E-state index in [4.69, 9.17) is 4.42 Å². The minimum absolute atomic E-state index is 0. The number of carbonyl (C=O) groups excluding carboxylic acids is 2. The first kappa shape index (κ1) is 23.3. The van der Waals surface area contributed by atoms with Crippen molar-refractivity contribution in [2.45, 2.75) is 25.8 Å². The second kappa shape index (κ2) is 9.57. The molecule has 3 fully saturated rings. The molecule has 0 saturated carbocycles. The molecule has 174 valence electrons. The molecule has 6 rings (SSSR count). The summed E-state index contributed by atoms with van der Waals surface area (Å²) >= 11 is 0. The van der Waals surface area contributed by atoms with Gasteiger partial charge in [0.2, 0.25) is 0 Å². The zero-order chi connectivity index (χ0) is 22.2. The van der Waals surface area contributed by atoms with Crippen LogP contribution in [0.4, 0.5) is 0 Å². The van der Waals surface area contributed by atoms with Crippen molar-refractivity contribution in [2.24, 2.45) is 5.92 Å². The van der Waals surface area contributed by atoms with Gasteiger partial charge in [-0.1, -0.05) is 30.3 Å². The van der Waals surface area contributed by atoms with Gasteiger partial charge in [0.05, 0.1) is 0 Å². The van der Waals surface area contributed by atoms with Gasteiger partial charge in [0, 0.05) is 42.7 Å². The van der Waals surface area contributed by atoms with Gasteiger partial charge in [0.15, 0.2) is 5.76 Å². The number of nitrogens with zero attached hydrogens (tertiary/aromatic N) is 2. The maximum Gasteiger partial charge on any atom is 0.287 e. The third kappa shape index (κ3) is 4.50. The second-order valence-electron chi connectivity index (χ2n) is 8.95. The summed E-state index contributed by atoms with van der Waals surface area (Å²) in [6.07, 6.45) is 2.30. The largest absolute Gasteiger partial charge is 0.450 e. The molecule has 0 radical (unpaired) electrons. The van der Waals surface area contributed by atoms with E-state index in [-0.39, 0.29) is 30.3 Å². The Bertz CT molecular complexity index is 1170. The summed E-state index contributed by atoms with van der Waals surface area (Å²) < 4.78 is 6.09. The average molecular weight is 468 g/mol. The number of rotatable bonds is 5. The van der Waals surface area contributed by atoms with Gasteiger partial charge in [-0.2, -0.15) is 0 Å². The molecule has 3 aliphatic rings. The fraction of sp³-hybridized carbons (Fsp3) is 0.385. The average Bonchev–Trinajstić information content (AvgIpc) is 3.29. The molecular weight excluding hydrogens is 438 g/mol. The van der Waals surface area contributed by atoms with Gasteiger partial charge < -0.3 is 19.5 Å². The van der Waals surface area contributed by atoms with Crippen molar-refractivity contribution < 1.29 is 14.0 Å². The standard InChI is InChI=1S/C26H29N3O3.ClH/c1-3-28(2)26(31)20-8-4-6-18(14-20)21-9-5-7-19-15-23(32-24(19)21)25(30)27-22-16-29-12-10-17(22)11-13-29;/h4-9,14-15,17,22H,3,10-13,16H2,1-2H3,(H,27,30);1H/t22-;/m1./s1. The van der Waals surface area contributed by atoms with Gasteiger partial charge in [0.25, 0.3) is 11.8 Å². The first-order chi connectivity index (χ1) is 15.5. The molecule has 0 spiro atoms. The highest BCUT2D eigenvalue weighted by molar-refractivity contribution is 6.01. The van der Waals surface area contributed by atoms with E-state index in [9.17, 15) is 9.59 Å². The van der Waals surface area contributed by atoms with Crippen LogP contribution in [0.3, 0.4) is 0 Å². The summed E-state index contributed by atoms with van der Waals surface area (Å²) in [5.74, 6) is 0.727. The lowest BCUT2D eigenvalue weighted by molar-refractivity contribution is 0.0607. The third-order valence-corrected chi connectivity index (χ3v) is 6.98. The van der Waals surface area contributed by atoms with Crippen molar-refractivity contribution in [1.82, 2.24) is 15.1 Å². The molecular formula is C26H30ClN3O3. The maximum absolute atomic E-state index is 13.0. The first-order valence-electron chi connectivity index (χ1n) is 11.4. The Kier molecular flexibility index (Phi) is 6.77. The lowest BCUT2D eigenvalue weighted by Crippen LogP contribution is -2.57. The summed E-state index contributed by atoms with van der Waals surface area (Å²) in [5.41, 5.74) is 3.07. The summed E-state index contributed by atoms with van der Waals surface area (Å²) in [6.45, 7) is 5.80. The van der Waals surface area contributed by atoms with Crippen LogP contribution in [0, 0.1) is 5.92 Å². The molecule has 33 heavy (non-hydrogen) atoms. The summed E-state index contributed by atoms with van der Waals surface area (Å²) in [5, 5.41) is 4.08. The Balaban J connectivity index is 0.00000259. The molecule has 3 aromatic rings. The smallest absolute Gasteiger partial charge is 0.287 e. The quantitative estimate of drug-likeness (QED) is 0.602. The van der Waals surface area contributed by atoms with E-state index in [0.29, 0.717) is 29.4 Å². The number of piperidine rings is 3. The van der Waals surface area contributed by atoms with Crippen LogP contribution in [-0.2, 0) is 0 Å². The zero-order valence-electron chi connectivity index (χ0n) is 19.0. The first-order valence-corrected chi connectivity index (χ1v) is 11.4. The Hall–Kier alpha value is -2.83. The molecule has 3 aliphatic heterocycles. The predicted octanol–water partition coefficient (Wildman–Crippen LogP) is 4.44. The number of carbonyl (C=O) groups is 2. The van der Waals surface area contributed by atoms with Crippen molar-refractivity contribution in [3.8, 4) is 11.1 Å². The molecule has 1 atom stereocenters. The topological polar surface area (TPSA) is 65.8 Å². The molecule has 2 amide bonds. The highest BCUT2D eigenvalue weighted by Crippen LogP contribution is 2.32. The molecule has 7 heteroatoms. The van der Waals surface area contributed by atoms with E-state index in [1.807, 2.05) is 55.5 Å². The molecule has 0 aliphatic carbocycles. The molecule has 1 aromatic heterocycles. The van der Waals surface area contributed by atoms with Gasteiger partial charge in [0.1, 0.15) is 5.58 Å². The Morgan fingerprint density at radius 2 is 1.88 bits per heavy atom. The van der Waals surface area contributed by atoms with E-state index >= 15 is 0 Å². The SMILES string of the molecule is CCN(C)C(=O)c1cccc(-c2cccc3cc(C(=O)N[C@@H]4CN5CCC4CC5)oc23)c1.Cl. The Morgan fingerprint density at radius 1 is 1.12 bits per heavy atom. The lowest BCUT2D eigenvalue weighted by Gasteiger charge is -2.44. The minimum atomic E-state index is -0.153. The second-order valence-corrected chi connectivity index (χ2v) is 8.95. The number of benzene rings is 2. The van der Waals surface area contributed by atoms with Crippen molar-refractivity contribution in [1.29, 1.82) is 0 Å². The number of hydrogen-bond donors (Lipinski definition) is 1. The van der Waals surface area contributed by atoms with Crippen LogP contribution in [0.2, 0.25) is 0 Å². The van der Waals surface area contributed by atoms with Crippen molar-refractivity contribution in [2.75, 3.05) is 33.2 Å². The lowest BCUT2D eigenvalue weighted by atomic mass is 9.84. The van der Waals surface area contributed by atoms with Gasteiger partial charge >= 0.3 is 0 Å². The van der Waals surface area contributed by atoms with Crippen LogP contribution in [0.15, 0.2) is 52.9 Å². The molecule has 6 nitrogen and oxygen atoms in total. The molecule has 2 aromatic carbocycles. The highest BCUT2D eigenvalue weighted by Gasteiger charge is 2.35. The third-order valence-electron chi connectivity index (χ3n) is 6.98. The van der Waals surface area contributed by atoms with Crippen LogP contribution in [0.25, 0.3) is 22.1 Å². The number of furan rings is 1. The molecule has 4 heterocycles. The van der Waals surface area contributed by atoms with Gasteiger partial charge in [-0.05, 0) is 62.5 Å². The number of halogens is 1. The van der Waals surface area contributed by atoms with Gasteiger partial charge in [-0.25, -0.2) is 0 Å². The Labute approximate surface area is 200 Å². The minimum Gasteiger partial charge on any atom is -0.450 e. The molecule has 0 unspecified atom stereocenters. The van der Waals surface area contributed by atoms with Crippen LogP contribution in [0.1, 0.15) is 40.7 Å². The fourth-order valence-electron chi connectivity index (χ4n) is 4.95. The van der Waals surface area contributed by atoms with E-state index in [2.05, 4.69) is 10.2 Å². The Morgan fingerprint density at radius 3 is 2.58 bits per heavy atom. The number of nitrogens with one attached hydrogen (secondary N) is 1. The monoisotopic (exact) mass is 467 g/mol. The highest BCUT2D eigenvalue weighted by atomic mass is 35.5.